The van der Waals surface area contributed by atoms with Crippen LogP contribution >= 0.6 is 11.6 Å². The molecule has 1 N–H and O–H groups in total. The molecule has 2 aliphatic rings. The lowest BCUT2D eigenvalue weighted by molar-refractivity contribution is -0.0617. The average molecular weight is 614 g/mol. The highest BCUT2D eigenvalue weighted by molar-refractivity contribution is 6.32. The molecule has 0 spiro atoms. The third-order valence-electron chi connectivity index (χ3n) is 8.16. The highest BCUT2D eigenvalue weighted by Gasteiger charge is 2.40. The molecule has 0 bridgehead atoms. The fraction of sp³-hybridized carbons (Fsp3) is 0.343. The van der Waals surface area contributed by atoms with Crippen LogP contribution in [0.1, 0.15) is 46.8 Å². The van der Waals surface area contributed by atoms with Crippen LogP contribution in [0.15, 0.2) is 79.2 Å². The topological polar surface area (TPSA) is 105 Å². The molecule has 1 aliphatic heterocycles. The van der Waals surface area contributed by atoms with Crippen LogP contribution in [0.3, 0.4) is 0 Å². The van der Waals surface area contributed by atoms with Crippen LogP contribution in [0.25, 0.3) is 5.57 Å². The minimum absolute atomic E-state index is 0.0489. The summed E-state index contributed by atoms with van der Waals surface area (Å²) in [5.74, 6) is 0.621. The maximum Gasteiger partial charge on any atom is 0.153 e. The van der Waals surface area contributed by atoms with Gasteiger partial charge in [0.2, 0.25) is 0 Å². The summed E-state index contributed by atoms with van der Waals surface area (Å²) in [4.78, 5) is 18.2. The summed E-state index contributed by atoms with van der Waals surface area (Å²) in [6, 6.07) is 17.1. The molecule has 3 aromatic rings. The van der Waals surface area contributed by atoms with Crippen LogP contribution in [0.5, 0.6) is 11.5 Å². The molecule has 5 rings (SSSR count). The molecule has 9 heteroatoms. The number of pyridine rings is 1. The zero-order valence-electron chi connectivity index (χ0n) is 24.7. The van der Waals surface area contributed by atoms with Crippen LogP contribution in [0.2, 0.25) is 5.02 Å². The van der Waals surface area contributed by atoms with Gasteiger partial charge in [-0.15, -0.1) is 0 Å². The minimum Gasteiger partial charge on any atom is -0.489 e. The first-order valence-corrected chi connectivity index (χ1v) is 15.2. The van der Waals surface area contributed by atoms with E-state index in [0.29, 0.717) is 42.1 Å². The Labute approximate surface area is 263 Å². The first-order valence-electron chi connectivity index (χ1n) is 14.8. The number of β-amino-alcohol motifs (C(OH)–C–C–N with tert-alkyl or cyclic N) is 1. The number of carbonyl (C=O) groups excluding carboxylic acids is 1. The Morgan fingerprint density at radius 2 is 2.02 bits per heavy atom. The number of carbonyl (C=O) groups is 1. The van der Waals surface area contributed by atoms with Crippen molar-refractivity contribution in [2.45, 2.75) is 38.1 Å². The van der Waals surface area contributed by atoms with E-state index < -0.39 is 5.60 Å². The summed E-state index contributed by atoms with van der Waals surface area (Å²) in [5.41, 5.74) is 2.85. The van der Waals surface area contributed by atoms with E-state index in [4.69, 9.17) is 25.8 Å². The normalized spacial score (nSPS) is 21.5. The fourth-order valence-corrected chi connectivity index (χ4v) is 5.88. The zero-order valence-corrected chi connectivity index (χ0v) is 25.5. The standard InChI is InChI=1S/C35H36ClN3O5/c1-25-31(28-7-3-2-4-8-28)9-5-11-35(25,44-14-6-12-39-13-10-30(41)21-39)24-43-34-17-33(29(22-40)16-32(34)36)42-23-27-15-26(18-37)19-38-20-27/h2-5,7-9,11,15-17,19-20,22,25,30,41H,6,10,12-14,21,23-24H2,1H3/t25-,30?,35?/m1/s1. The van der Waals surface area contributed by atoms with Gasteiger partial charge in [-0.3, -0.25) is 9.78 Å². The van der Waals surface area contributed by atoms with E-state index in [0.717, 1.165) is 37.1 Å². The second kappa shape index (κ2) is 14.7. The predicted molar refractivity (Wildman–Crippen MR) is 169 cm³/mol. The number of nitriles is 1. The summed E-state index contributed by atoms with van der Waals surface area (Å²) in [6.45, 7) is 5.37. The van der Waals surface area contributed by atoms with Gasteiger partial charge in [0, 0.05) is 56.2 Å². The smallest absolute Gasteiger partial charge is 0.153 e. The minimum atomic E-state index is -0.790. The van der Waals surface area contributed by atoms with Gasteiger partial charge < -0.3 is 24.2 Å². The molecule has 2 unspecified atom stereocenters. The molecular weight excluding hydrogens is 578 g/mol. The van der Waals surface area contributed by atoms with Gasteiger partial charge in [0.05, 0.1) is 22.3 Å². The van der Waals surface area contributed by atoms with Gasteiger partial charge in [-0.1, -0.05) is 61.0 Å². The lowest BCUT2D eigenvalue weighted by atomic mass is 9.77. The fourth-order valence-electron chi connectivity index (χ4n) is 5.65. The lowest BCUT2D eigenvalue weighted by Crippen LogP contribution is -2.45. The first kappa shape index (κ1) is 31.4. The van der Waals surface area contributed by atoms with Gasteiger partial charge in [-0.2, -0.15) is 5.26 Å². The number of allylic oxidation sites excluding steroid dienone is 2. The SMILES string of the molecule is C[C@@H]1C(c2ccccc2)=CC=CC1(COc1cc(OCc2cncc(C#N)c2)c(C=O)cc1Cl)OCCCN1CCC(O)C1. The molecule has 2 aromatic carbocycles. The number of aldehydes is 1. The Hall–Kier alpha value is -4.00. The Morgan fingerprint density at radius 1 is 1.18 bits per heavy atom. The molecule has 1 fully saturated rings. The average Bonchev–Trinajstić information content (AvgIpc) is 3.47. The van der Waals surface area contributed by atoms with Crippen molar-refractivity contribution in [2.75, 3.05) is 32.8 Å². The van der Waals surface area contributed by atoms with Crippen LogP contribution in [-0.2, 0) is 11.3 Å². The number of benzene rings is 2. The van der Waals surface area contributed by atoms with E-state index in [-0.39, 0.29) is 35.8 Å². The summed E-state index contributed by atoms with van der Waals surface area (Å²) in [6.07, 6.45) is 11.3. The number of nitrogens with zero attached hydrogens (tertiary/aromatic N) is 3. The van der Waals surface area contributed by atoms with Crippen molar-refractivity contribution < 1.29 is 24.1 Å². The molecule has 0 amide bonds. The van der Waals surface area contributed by atoms with Gasteiger partial charge >= 0.3 is 0 Å². The monoisotopic (exact) mass is 613 g/mol. The molecule has 44 heavy (non-hydrogen) atoms. The molecule has 2 heterocycles. The summed E-state index contributed by atoms with van der Waals surface area (Å²) < 4.78 is 19.0. The van der Waals surface area contributed by atoms with Crippen LogP contribution in [0.4, 0.5) is 0 Å². The number of aromatic nitrogens is 1. The van der Waals surface area contributed by atoms with Gasteiger partial charge in [-0.05, 0) is 42.2 Å². The maximum absolute atomic E-state index is 11.8. The van der Waals surface area contributed by atoms with E-state index in [1.807, 2.05) is 30.4 Å². The van der Waals surface area contributed by atoms with E-state index in [1.54, 1.807) is 18.3 Å². The van der Waals surface area contributed by atoms with Crippen molar-refractivity contribution in [1.82, 2.24) is 9.88 Å². The second-order valence-electron chi connectivity index (χ2n) is 11.2. The highest BCUT2D eigenvalue weighted by atomic mass is 35.5. The van der Waals surface area contributed by atoms with E-state index in [1.165, 1.54) is 12.3 Å². The maximum atomic E-state index is 11.8. The third-order valence-corrected chi connectivity index (χ3v) is 8.46. The number of aliphatic hydroxyl groups is 1. The Kier molecular flexibility index (Phi) is 10.5. The van der Waals surface area contributed by atoms with Gasteiger partial charge in [0.15, 0.2) is 6.29 Å². The molecule has 0 saturated carbocycles. The largest absolute Gasteiger partial charge is 0.489 e. The number of halogens is 1. The number of hydrogen-bond acceptors (Lipinski definition) is 8. The van der Waals surface area contributed by atoms with Gasteiger partial charge in [0.25, 0.3) is 0 Å². The molecule has 1 aliphatic carbocycles. The van der Waals surface area contributed by atoms with Crippen LogP contribution in [0, 0.1) is 17.2 Å². The van der Waals surface area contributed by atoms with Crippen LogP contribution < -0.4 is 9.47 Å². The van der Waals surface area contributed by atoms with Crippen molar-refractivity contribution in [3.63, 3.8) is 0 Å². The van der Waals surface area contributed by atoms with E-state index in [9.17, 15) is 15.2 Å². The van der Waals surface area contributed by atoms with Crippen molar-refractivity contribution in [2.24, 2.45) is 5.92 Å². The van der Waals surface area contributed by atoms with Crippen molar-refractivity contribution in [1.29, 1.82) is 5.26 Å². The second-order valence-corrected chi connectivity index (χ2v) is 11.6. The third kappa shape index (κ3) is 7.55. The summed E-state index contributed by atoms with van der Waals surface area (Å²) in [7, 11) is 0. The number of ether oxygens (including phenoxy) is 3. The van der Waals surface area contributed by atoms with Crippen molar-refractivity contribution >= 4 is 23.5 Å². The van der Waals surface area contributed by atoms with Crippen molar-refractivity contribution in [3.8, 4) is 17.6 Å². The molecular formula is C35H36ClN3O5. The molecule has 228 valence electrons. The predicted octanol–water partition coefficient (Wildman–Crippen LogP) is 5.88. The molecule has 0 radical (unpaired) electrons. The molecule has 3 atom stereocenters. The quantitative estimate of drug-likeness (QED) is 0.188. The number of rotatable bonds is 13. The number of hydrogen-bond donors (Lipinski definition) is 1. The summed E-state index contributed by atoms with van der Waals surface area (Å²) >= 11 is 6.59. The van der Waals surface area contributed by atoms with E-state index in [2.05, 4.69) is 41.1 Å². The number of aliphatic hydroxyl groups excluding tert-OH is 1. The van der Waals surface area contributed by atoms with Gasteiger partial charge in [0.1, 0.15) is 36.4 Å². The highest BCUT2D eigenvalue weighted by Crippen LogP contribution is 2.40. The van der Waals surface area contributed by atoms with Gasteiger partial charge in [-0.25, -0.2) is 0 Å². The zero-order chi connectivity index (χ0) is 30.9. The number of likely N-dealkylation sites (tertiary alicyclic amines) is 1. The Balaban J connectivity index is 1.34. The molecule has 8 nitrogen and oxygen atoms in total. The molecule has 1 aromatic heterocycles. The molecule has 1 saturated heterocycles. The van der Waals surface area contributed by atoms with E-state index >= 15 is 0 Å². The lowest BCUT2D eigenvalue weighted by Gasteiger charge is -2.40. The Bertz CT molecular complexity index is 1550. The first-order chi connectivity index (χ1) is 21.4. The van der Waals surface area contributed by atoms with Crippen molar-refractivity contribution in [3.05, 3.63) is 106 Å². The summed E-state index contributed by atoms with van der Waals surface area (Å²) in [5, 5.41) is 19.3. The van der Waals surface area contributed by atoms with Crippen LogP contribution in [-0.4, -0.2) is 65.8 Å². The Morgan fingerprint density at radius 3 is 2.77 bits per heavy atom.